The summed E-state index contributed by atoms with van der Waals surface area (Å²) in [7, 11) is 0. The van der Waals surface area contributed by atoms with Crippen LogP contribution in [-0.4, -0.2) is 59.4 Å². The number of likely N-dealkylation sites (tertiary alicyclic amines) is 2. The Hall–Kier alpha value is -3.42. The van der Waals surface area contributed by atoms with E-state index in [2.05, 4.69) is 34.9 Å². The Balaban J connectivity index is 0.000000161. The largest absolute Gasteiger partial charge is 0.444 e. The molecule has 0 bridgehead atoms. The molecule has 2 fully saturated rings. The summed E-state index contributed by atoms with van der Waals surface area (Å²) in [6.45, 7) is 14.9. The Kier molecular flexibility index (Phi) is 7.64. The van der Waals surface area contributed by atoms with E-state index in [0.29, 0.717) is 11.8 Å². The van der Waals surface area contributed by atoms with Gasteiger partial charge in [-0.15, -0.1) is 0 Å². The number of benzene rings is 2. The molecule has 4 heterocycles. The molecule has 2 saturated heterocycles. The summed E-state index contributed by atoms with van der Waals surface area (Å²) in [6.07, 6.45) is 1.68. The van der Waals surface area contributed by atoms with Crippen LogP contribution in [0.5, 0.6) is 0 Å². The number of nitrogens with zero attached hydrogens (tertiary/aromatic N) is 2. The van der Waals surface area contributed by atoms with Gasteiger partial charge in [0.05, 0.1) is 12.1 Å². The first-order valence-corrected chi connectivity index (χ1v) is 14.6. The second-order valence-electron chi connectivity index (χ2n) is 13.3. The molecule has 0 unspecified atom stereocenters. The molecule has 216 valence electrons. The number of rotatable bonds is 0. The summed E-state index contributed by atoms with van der Waals surface area (Å²) in [5.41, 5.74) is 3.83. The van der Waals surface area contributed by atoms with Crippen LogP contribution in [0.15, 0.2) is 48.5 Å². The Morgan fingerprint density at radius 2 is 1.05 bits per heavy atom. The Morgan fingerprint density at radius 1 is 0.675 bits per heavy atom. The third-order valence-corrected chi connectivity index (χ3v) is 7.97. The van der Waals surface area contributed by atoms with Crippen LogP contribution in [0.3, 0.4) is 0 Å². The fourth-order valence-corrected chi connectivity index (χ4v) is 6.35. The van der Waals surface area contributed by atoms with Gasteiger partial charge in [0.2, 0.25) is 0 Å². The highest BCUT2D eigenvalue weighted by molar-refractivity contribution is 5.71. The van der Waals surface area contributed by atoms with E-state index in [1.807, 2.05) is 75.6 Å². The fourth-order valence-electron chi connectivity index (χ4n) is 6.35. The van der Waals surface area contributed by atoms with E-state index in [1.165, 1.54) is 11.1 Å². The Labute approximate surface area is 238 Å². The molecule has 0 spiro atoms. The number of para-hydroxylation sites is 2. The number of ether oxygens (including phenoxy) is 2. The van der Waals surface area contributed by atoms with Gasteiger partial charge in [0, 0.05) is 49.4 Å². The average molecular weight is 549 g/mol. The first-order chi connectivity index (χ1) is 18.9. The maximum absolute atomic E-state index is 12.4. The van der Waals surface area contributed by atoms with Crippen molar-refractivity contribution in [2.75, 3.05) is 36.8 Å². The SMILES string of the molecule is CC(C)(C)OC(=O)N1CC[C@@H]2CNc3ccccc3[C@@H]21.CC(C)(C)OC(=O)N1CC[C@H]2CNc3ccccc3[C@H]21. The van der Waals surface area contributed by atoms with Gasteiger partial charge in [0.25, 0.3) is 0 Å². The molecule has 2 aromatic rings. The van der Waals surface area contributed by atoms with Crippen molar-refractivity contribution in [2.45, 2.75) is 77.7 Å². The van der Waals surface area contributed by atoms with Gasteiger partial charge >= 0.3 is 12.2 Å². The van der Waals surface area contributed by atoms with Crippen LogP contribution in [0, 0.1) is 11.8 Å². The minimum Gasteiger partial charge on any atom is -0.444 e. The van der Waals surface area contributed by atoms with Crippen molar-refractivity contribution in [3.63, 3.8) is 0 Å². The van der Waals surface area contributed by atoms with Crippen LogP contribution in [-0.2, 0) is 9.47 Å². The van der Waals surface area contributed by atoms with E-state index >= 15 is 0 Å². The number of fused-ring (bicyclic) bond motifs is 6. The molecule has 8 heteroatoms. The molecule has 6 rings (SSSR count). The molecular weight excluding hydrogens is 504 g/mol. The number of anilines is 2. The Bertz CT molecular complexity index is 1140. The highest BCUT2D eigenvalue weighted by atomic mass is 16.6. The summed E-state index contributed by atoms with van der Waals surface area (Å²) >= 11 is 0. The lowest BCUT2D eigenvalue weighted by Gasteiger charge is -2.35. The van der Waals surface area contributed by atoms with Gasteiger partial charge in [-0.2, -0.15) is 0 Å². The molecule has 0 saturated carbocycles. The molecular formula is C32H44N4O4. The van der Waals surface area contributed by atoms with Gasteiger partial charge in [-0.1, -0.05) is 36.4 Å². The van der Waals surface area contributed by atoms with Crippen molar-refractivity contribution in [1.82, 2.24) is 9.80 Å². The van der Waals surface area contributed by atoms with Crippen molar-refractivity contribution in [2.24, 2.45) is 11.8 Å². The number of hydrogen-bond acceptors (Lipinski definition) is 6. The lowest BCUT2D eigenvalue weighted by Crippen LogP contribution is -2.39. The molecule has 8 nitrogen and oxygen atoms in total. The molecule has 2 amide bonds. The van der Waals surface area contributed by atoms with Gasteiger partial charge in [0.1, 0.15) is 11.2 Å². The van der Waals surface area contributed by atoms with Gasteiger partial charge in [-0.3, -0.25) is 0 Å². The van der Waals surface area contributed by atoms with E-state index in [-0.39, 0.29) is 24.3 Å². The summed E-state index contributed by atoms with van der Waals surface area (Å²) in [6, 6.07) is 16.8. The van der Waals surface area contributed by atoms with E-state index in [0.717, 1.165) is 50.4 Å². The summed E-state index contributed by atoms with van der Waals surface area (Å²) in [5.74, 6) is 0.967. The third kappa shape index (κ3) is 6.01. The van der Waals surface area contributed by atoms with Gasteiger partial charge in [-0.25, -0.2) is 9.59 Å². The molecule has 2 N–H and O–H groups in total. The molecule has 2 aromatic carbocycles. The average Bonchev–Trinajstić information content (AvgIpc) is 3.52. The van der Waals surface area contributed by atoms with Crippen molar-refractivity contribution in [3.05, 3.63) is 59.7 Å². The summed E-state index contributed by atoms with van der Waals surface area (Å²) in [5, 5.41) is 6.93. The van der Waals surface area contributed by atoms with Crippen LogP contribution >= 0.6 is 0 Å². The highest BCUT2D eigenvalue weighted by Crippen LogP contribution is 2.45. The predicted molar refractivity (Wildman–Crippen MR) is 157 cm³/mol. The summed E-state index contributed by atoms with van der Waals surface area (Å²) in [4.78, 5) is 28.6. The Morgan fingerprint density at radius 3 is 1.43 bits per heavy atom. The zero-order valence-electron chi connectivity index (χ0n) is 24.7. The minimum atomic E-state index is -0.443. The molecule has 0 radical (unpaired) electrons. The van der Waals surface area contributed by atoms with E-state index < -0.39 is 11.2 Å². The molecule has 4 atom stereocenters. The van der Waals surface area contributed by atoms with Gasteiger partial charge in [0.15, 0.2) is 0 Å². The minimum absolute atomic E-state index is 0.155. The van der Waals surface area contributed by atoms with Crippen LogP contribution in [0.4, 0.5) is 21.0 Å². The van der Waals surface area contributed by atoms with E-state index in [4.69, 9.17) is 9.47 Å². The van der Waals surface area contributed by atoms with Crippen molar-refractivity contribution >= 4 is 23.6 Å². The lowest BCUT2D eigenvalue weighted by molar-refractivity contribution is 0.0195. The number of nitrogens with one attached hydrogen (secondary N) is 2. The maximum Gasteiger partial charge on any atom is 0.410 e. The highest BCUT2D eigenvalue weighted by Gasteiger charge is 2.44. The number of hydrogen-bond donors (Lipinski definition) is 2. The first kappa shape index (κ1) is 28.1. The maximum atomic E-state index is 12.4. The normalized spacial score (nSPS) is 24.6. The van der Waals surface area contributed by atoms with Crippen molar-refractivity contribution in [1.29, 1.82) is 0 Å². The van der Waals surface area contributed by atoms with Gasteiger partial charge in [-0.05, 0) is 77.6 Å². The second-order valence-corrected chi connectivity index (χ2v) is 13.3. The molecule has 0 aromatic heterocycles. The standard InChI is InChI=1S/2C16H22N2O2/c2*1-16(2,3)20-15(19)18-9-8-11-10-17-13-7-5-4-6-12(13)14(11)18/h2*4-7,11,14,17H,8-10H2,1-3H3/t2*11-,14-/m10/s1. The van der Waals surface area contributed by atoms with Crippen LogP contribution in [0.1, 0.15) is 77.6 Å². The number of carbonyl (C=O) groups excluding carboxylic acids is 2. The third-order valence-electron chi connectivity index (χ3n) is 7.97. The predicted octanol–water partition coefficient (Wildman–Crippen LogP) is 6.82. The molecule has 4 aliphatic rings. The van der Waals surface area contributed by atoms with E-state index in [9.17, 15) is 9.59 Å². The van der Waals surface area contributed by atoms with Crippen LogP contribution < -0.4 is 10.6 Å². The van der Waals surface area contributed by atoms with Crippen LogP contribution in [0.2, 0.25) is 0 Å². The summed E-state index contributed by atoms with van der Waals surface area (Å²) < 4.78 is 11.1. The topological polar surface area (TPSA) is 83.1 Å². The zero-order valence-corrected chi connectivity index (χ0v) is 24.7. The van der Waals surface area contributed by atoms with Crippen LogP contribution in [0.25, 0.3) is 0 Å². The van der Waals surface area contributed by atoms with Crippen molar-refractivity contribution < 1.29 is 19.1 Å². The molecule has 0 aliphatic carbocycles. The smallest absolute Gasteiger partial charge is 0.410 e. The molecule has 4 aliphatic heterocycles. The number of carbonyl (C=O) groups is 2. The van der Waals surface area contributed by atoms with Crippen molar-refractivity contribution in [3.8, 4) is 0 Å². The lowest BCUT2D eigenvalue weighted by atomic mass is 9.89. The number of amides is 2. The first-order valence-electron chi connectivity index (χ1n) is 14.6. The van der Waals surface area contributed by atoms with E-state index in [1.54, 1.807) is 0 Å². The monoisotopic (exact) mass is 548 g/mol. The fraction of sp³-hybridized carbons (Fsp3) is 0.562. The zero-order chi connectivity index (χ0) is 28.7. The quantitative estimate of drug-likeness (QED) is 0.376. The van der Waals surface area contributed by atoms with Gasteiger partial charge < -0.3 is 29.9 Å². The molecule has 40 heavy (non-hydrogen) atoms. The second kappa shape index (κ2) is 10.9.